The summed E-state index contributed by atoms with van der Waals surface area (Å²) in [5, 5.41) is 31.7. The molecule has 6 unspecified atom stereocenters. The zero-order valence-corrected chi connectivity index (χ0v) is 54.1. The molecule has 0 aromatic heterocycles. The Labute approximate surface area is 518 Å². The maximum Gasteiger partial charge on any atom is 0.335 e. The van der Waals surface area contributed by atoms with Gasteiger partial charge in [-0.3, -0.25) is 14.4 Å². The molecule has 0 spiro atoms. The molecule has 1 rings (SSSR count). The molecule has 6 atom stereocenters. The highest BCUT2D eigenvalue weighted by atomic mass is 16.7. The average Bonchev–Trinajstić information content (AvgIpc) is 3.53. The molecule has 12 nitrogen and oxygen atoms in total. The van der Waals surface area contributed by atoms with E-state index in [4.69, 9.17) is 23.7 Å². The first-order valence-corrected chi connectivity index (χ1v) is 34.6. The maximum absolute atomic E-state index is 13.2. The molecule has 85 heavy (non-hydrogen) atoms. The Morgan fingerprint density at radius 1 is 0.400 bits per heavy atom. The lowest BCUT2D eigenvalue weighted by Gasteiger charge is -2.40. The van der Waals surface area contributed by atoms with Crippen molar-refractivity contribution in [3.8, 4) is 0 Å². The number of hydrogen-bond acceptors (Lipinski definition) is 11. The standard InChI is InChI=1S/C73H124O12/c1-4-7-10-13-16-19-22-25-28-31-33-36-38-41-44-47-50-53-56-59-65(74)81-62-64(83-66(75)60-57-54-51-48-45-42-39-35-30-27-24-21-18-15-12-9-6-3)63-82-73-71(69(78)68(77)70(85-73)72(79)80)84-67(76)61-58-55-52-49-46-43-40-37-34-32-29-26-23-20-17-14-11-8-5-2/h9,12,16,18-19,21,25-30,33,36,64,68-71,73,77-78H,4-8,10-11,13-15,17,20,22-24,31-32,34-35,37-63H2,1-3H3,(H,79,80)/b12-9-,19-16-,21-18-,28-25-,29-26-,30-27-,36-33-. The van der Waals surface area contributed by atoms with E-state index in [1.54, 1.807) is 0 Å². The molecule has 1 heterocycles. The average molecular weight is 1190 g/mol. The summed E-state index contributed by atoms with van der Waals surface area (Å²) in [6.07, 6.45) is 66.7. The van der Waals surface area contributed by atoms with Crippen molar-refractivity contribution in [3.05, 3.63) is 85.1 Å². The van der Waals surface area contributed by atoms with Crippen molar-refractivity contribution in [1.29, 1.82) is 0 Å². The van der Waals surface area contributed by atoms with Gasteiger partial charge in [0.25, 0.3) is 0 Å². The minimum absolute atomic E-state index is 0.0541. The Kier molecular flexibility index (Phi) is 55.9. The number of carbonyl (C=O) groups is 4. The largest absolute Gasteiger partial charge is 0.479 e. The fourth-order valence-corrected chi connectivity index (χ4v) is 10.2. The van der Waals surface area contributed by atoms with Crippen molar-refractivity contribution in [3.63, 3.8) is 0 Å². The molecular formula is C73H124O12. The topological polar surface area (TPSA) is 175 Å². The number of ether oxygens (including phenoxy) is 5. The third kappa shape index (κ3) is 49.6. The van der Waals surface area contributed by atoms with Crippen LogP contribution in [0.1, 0.15) is 303 Å². The maximum atomic E-state index is 13.2. The Balaban J connectivity index is 2.65. The van der Waals surface area contributed by atoms with Crippen LogP contribution in [0.4, 0.5) is 0 Å². The third-order valence-corrected chi connectivity index (χ3v) is 15.4. The van der Waals surface area contributed by atoms with Crippen molar-refractivity contribution >= 4 is 23.9 Å². The summed E-state index contributed by atoms with van der Waals surface area (Å²) in [5.74, 6) is -3.14. The molecule has 488 valence electrons. The lowest BCUT2D eigenvalue weighted by Crippen LogP contribution is -2.61. The number of rotatable bonds is 59. The number of carboxylic acids is 1. The van der Waals surface area contributed by atoms with Crippen LogP contribution in [0.25, 0.3) is 0 Å². The molecule has 0 aromatic rings. The van der Waals surface area contributed by atoms with E-state index in [9.17, 15) is 34.5 Å². The summed E-state index contributed by atoms with van der Waals surface area (Å²) >= 11 is 0. The lowest BCUT2D eigenvalue weighted by atomic mass is 9.98. The molecule has 0 bridgehead atoms. The van der Waals surface area contributed by atoms with Crippen LogP contribution >= 0.6 is 0 Å². The van der Waals surface area contributed by atoms with E-state index >= 15 is 0 Å². The molecule has 1 fully saturated rings. The molecule has 1 saturated heterocycles. The Morgan fingerprint density at radius 3 is 1.16 bits per heavy atom. The fraction of sp³-hybridized carbons (Fsp3) is 0.753. The van der Waals surface area contributed by atoms with Crippen LogP contribution < -0.4 is 0 Å². The number of carbonyl (C=O) groups excluding carboxylic acids is 3. The van der Waals surface area contributed by atoms with Crippen LogP contribution in [0.2, 0.25) is 0 Å². The van der Waals surface area contributed by atoms with Gasteiger partial charge in [-0.25, -0.2) is 4.79 Å². The monoisotopic (exact) mass is 1190 g/mol. The highest BCUT2D eigenvalue weighted by Gasteiger charge is 2.50. The van der Waals surface area contributed by atoms with E-state index in [1.807, 2.05) is 0 Å². The normalized spacial score (nSPS) is 18.0. The van der Waals surface area contributed by atoms with Crippen LogP contribution in [0, 0.1) is 0 Å². The van der Waals surface area contributed by atoms with Crippen molar-refractivity contribution in [2.24, 2.45) is 0 Å². The van der Waals surface area contributed by atoms with Gasteiger partial charge in [0.2, 0.25) is 0 Å². The molecular weight excluding hydrogens is 1070 g/mol. The highest BCUT2D eigenvalue weighted by molar-refractivity contribution is 5.74. The van der Waals surface area contributed by atoms with E-state index in [0.717, 1.165) is 148 Å². The Bertz CT molecular complexity index is 1800. The van der Waals surface area contributed by atoms with Gasteiger partial charge in [-0.05, 0) is 116 Å². The van der Waals surface area contributed by atoms with E-state index in [-0.39, 0.29) is 25.9 Å². The van der Waals surface area contributed by atoms with Gasteiger partial charge in [0.1, 0.15) is 18.8 Å². The smallest absolute Gasteiger partial charge is 0.335 e. The van der Waals surface area contributed by atoms with Gasteiger partial charge in [0.15, 0.2) is 24.6 Å². The predicted octanol–water partition coefficient (Wildman–Crippen LogP) is 19.0. The molecule has 0 radical (unpaired) electrons. The number of aliphatic carboxylic acids is 1. The third-order valence-electron chi connectivity index (χ3n) is 15.4. The first kappa shape index (κ1) is 78.9. The van der Waals surface area contributed by atoms with Crippen molar-refractivity contribution < 1.29 is 58.2 Å². The number of allylic oxidation sites excluding steroid dienone is 14. The lowest BCUT2D eigenvalue weighted by molar-refractivity contribution is -0.301. The van der Waals surface area contributed by atoms with E-state index in [0.29, 0.717) is 19.3 Å². The predicted molar refractivity (Wildman–Crippen MR) is 349 cm³/mol. The van der Waals surface area contributed by atoms with Crippen LogP contribution in [0.15, 0.2) is 85.1 Å². The first-order chi connectivity index (χ1) is 41.6. The first-order valence-electron chi connectivity index (χ1n) is 34.6. The van der Waals surface area contributed by atoms with Gasteiger partial charge >= 0.3 is 23.9 Å². The summed E-state index contributed by atoms with van der Waals surface area (Å²) in [6, 6.07) is 0. The van der Waals surface area contributed by atoms with Crippen molar-refractivity contribution in [1.82, 2.24) is 0 Å². The van der Waals surface area contributed by atoms with Crippen molar-refractivity contribution in [2.75, 3.05) is 13.2 Å². The van der Waals surface area contributed by atoms with Crippen LogP contribution in [-0.4, -0.2) is 89.2 Å². The molecule has 0 aliphatic carbocycles. The molecule has 0 amide bonds. The summed E-state index contributed by atoms with van der Waals surface area (Å²) in [7, 11) is 0. The number of unbranched alkanes of at least 4 members (excludes halogenated alkanes) is 31. The number of aliphatic hydroxyl groups excluding tert-OH is 2. The van der Waals surface area contributed by atoms with Gasteiger partial charge in [-0.2, -0.15) is 0 Å². The van der Waals surface area contributed by atoms with E-state index < -0.39 is 67.3 Å². The summed E-state index contributed by atoms with van der Waals surface area (Å²) < 4.78 is 28.6. The second-order valence-electron chi connectivity index (χ2n) is 23.4. The van der Waals surface area contributed by atoms with Gasteiger partial charge < -0.3 is 39.0 Å². The van der Waals surface area contributed by atoms with Gasteiger partial charge in [0, 0.05) is 19.3 Å². The van der Waals surface area contributed by atoms with Gasteiger partial charge in [0.05, 0.1) is 6.61 Å². The summed E-state index contributed by atoms with van der Waals surface area (Å²) in [4.78, 5) is 51.5. The van der Waals surface area contributed by atoms with E-state index in [1.165, 1.54) is 96.3 Å². The minimum atomic E-state index is -1.91. The Hall–Kier alpha value is -4.10. The molecule has 1 aliphatic rings. The fourth-order valence-electron chi connectivity index (χ4n) is 10.2. The number of hydrogen-bond donors (Lipinski definition) is 3. The minimum Gasteiger partial charge on any atom is -0.479 e. The molecule has 12 heteroatoms. The van der Waals surface area contributed by atoms with E-state index in [2.05, 4.69) is 106 Å². The van der Waals surface area contributed by atoms with Crippen LogP contribution in [0.5, 0.6) is 0 Å². The van der Waals surface area contributed by atoms with Gasteiger partial charge in [-0.15, -0.1) is 0 Å². The van der Waals surface area contributed by atoms with Crippen LogP contribution in [-0.2, 0) is 42.9 Å². The molecule has 0 aromatic carbocycles. The highest BCUT2D eigenvalue weighted by Crippen LogP contribution is 2.27. The van der Waals surface area contributed by atoms with Gasteiger partial charge in [-0.1, -0.05) is 254 Å². The molecule has 0 saturated carbocycles. The summed E-state index contributed by atoms with van der Waals surface area (Å²) in [5.41, 5.74) is 0. The second kappa shape index (κ2) is 60.2. The summed E-state index contributed by atoms with van der Waals surface area (Å²) in [6.45, 7) is 5.88. The second-order valence-corrected chi connectivity index (χ2v) is 23.4. The molecule has 3 N–H and O–H groups in total. The number of carboxylic acid groups (broad SMARTS) is 1. The quantitative estimate of drug-likeness (QED) is 0.0228. The number of aliphatic hydroxyl groups is 2. The van der Waals surface area contributed by atoms with Crippen molar-refractivity contribution in [2.45, 2.75) is 340 Å². The Morgan fingerprint density at radius 2 is 0.741 bits per heavy atom. The zero-order chi connectivity index (χ0) is 61.7. The molecule has 1 aliphatic heterocycles. The zero-order valence-electron chi connectivity index (χ0n) is 54.1. The number of esters is 3. The SMILES string of the molecule is CC/C=C\C/C=C\C/C=C\CCCCCCCCCC(=O)OC(COC(=O)CCCCCCCC/C=C\C/C=C\C/C=C\CCCCC)COC1OC(C(=O)O)C(O)C(O)C1OC(=O)CCCCCCCCCCC/C=C\CCCCCCCC. The van der Waals surface area contributed by atoms with Crippen LogP contribution in [0.3, 0.4) is 0 Å².